The summed E-state index contributed by atoms with van der Waals surface area (Å²) in [6, 6.07) is 4.11. The van der Waals surface area contributed by atoms with Crippen LogP contribution >= 0.6 is 0 Å². The van der Waals surface area contributed by atoms with Crippen molar-refractivity contribution in [3.63, 3.8) is 0 Å². The summed E-state index contributed by atoms with van der Waals surface area (Å²) in [6.45, 7) is 6.92. The summed E-state index contributed by atoms with van der Waals surface area (Å²) in [5, 5.41) is 20.7. The summed E-state index contributed by atoms with van der Waals surface area (Å²) in [5.41, 5.74) is 2.14. The minimum absolute atomic E-state index is 0.0338. The van der Waals surface area contributed by atoms with Crippen molar-refractivity contribution in [3.8, 4) is 11.5 Å². The summed E-state index contributed by atoms with van der Waals surface area (Å²) in [4.78, 5) is 0. The Labute approximate surface area is 152 Å². The summed E-state index contributed by atoms with van der Waals surface area (Å²) in [5.74, 6) is 1.56. The van der Waals surface area contributed by atoms with Crippen LogP contribution in [0.2, 0.25) is 0 Å². The number of unbranched alkanes of at least 4 members (excludes halogenated alkanes) is 2. The predicted molar refractivity (Wildman–Crippen MR) is 101 cm³/mol. The van der Waals surface area contributed by atoms with Crippen molar-refractivity contribution in [2.45, 2.75) is 89.6 Å². The van der Waals surface area contributed by atoms with Crippen LogP contribution in [-0.2, 0) is 5.41 Å². The Morgan fingerprint density at radius 1 is 1.16 bits per heavy atom. The molecule has 3 rings (SSSR count). The average molecular weight is 347 g/mol. The monoisotopic (exact) mass is 346 g/mol. The smallest absolute Gasteiger partial charge is 0.127 e. The van der Waals surface area contributed by atoms with Crippen LogP contribution in [0.1, 0.15) is 89.2 Å². The molecule has 0 saturated heterocycles. The van der Waals surface area contributed by atoms with E-state index in [2.05, 4.69) is 26.8 Å². The summed E-state index contributed by atoms with van der Waals surface area (Å²) < 4.78 is 6.29. The van der Waals surface area contributed by atoms with Crippen LogP contribution in [-0.4, -0.2) is 22.9 Å². The molecule has 0 bridgehead atoms. The number of ether oxygens (including phenoxy) is 1. The van der Waals surface area contributed by atoms with E-state index in [1.165, 1.54) is 19.3 Å². The van der Waals surface area contributed by atoms with Crippen LogP contribution in [0, 0.1) is 5.92 Å². The number of aliphatic hydroxyl groups excluding tert-OH is 1. The Balaban J connectivity index is 1.91. The highest BCUT2D eigenvalue weighted by molar-refractivity contribution is 5.54. The van der Waals surface area contributed by atoms with E-state index in [0.29, 0.717) is 5.75 Å². The van der Waals surface area contributed by atoms with E-state index >= 15 is 0 Å². The molecule has 3 nitrogen and oxygen atoms in total. The number of phenolic OH excluding ortho intramolecular Hbond substituents is 1. The van der Waals surface area contributed by atoms with Gasteiger partial charge in [0.25, 0.3) is 0 Å². The number of hydrogen-bond donors (Lipinski definition) is 2. The minimum Gasteiger partial charge on any atom is -0.508 e. The van der Waals surface area contributed by atoms with Gasteiger partial charge in [-0.2, -0.15) is 0 Å². The van der Waals surface area contributed by atoms with Gasteiger partial charge in [-0.3, -0.25) is 0 Å². The first-order valence-corrected chi connectivity index (χ1v) is 10.1. The van der Waals surface area contributed by atoms with E-state index < -0.39 is 0 Å². The lowest BCUT2D eigenvalue weighted by molar-refractivity contribution is 0.137. The van der Waals surface area contributed by atoms with E-state index in [9.17, 15) is 10.2 Å². The van der Waals surface area contributed by atoms with Crippen molar-refractivity contribution in [1.29, 1.82) is 0 Å². The summed E-state index contributed by atoms with van der Waals surface area (Å²) in [7, 11) is 0. The molecule has 0 aromatic heterocycles. The molecule has 0 radical (unpaired) electrons. The van der Waals surface area contributed by atoms with E-state index in [1.54, 1.807) is 0 Å². The number of aromatic hydroxyl groups is 1. The Morgan fingerprint density at radius 3 is 2.64 bits per heavy atom. The zero-order valence-electron chi connectivity index (χ0n) is 16.1. The third kappa shape index (κ3) is 3.67. The Morgan fingerprint density at radius 2 is 1.92 bits per heavy atom. The van der Waals surface area contributed by atoms with E-state index in [0.717, 1.165) is 49.0 Å². The van der Waals surface area contributed by atoms with Gasteiger partial charge in [-0.1, -0.05) is 46.5 Å². The molecule has 25 heavy (non-hydrogen) atoms. The van der Waals surface area contributed by atoms with E-state index in [1.807, 2.05) is 6.07 Å². The van der Waals surface area contributed by atoms with Crippen LogP contribution in [0.4, 0.5) is 0 Å². The third-order valence-corrected chi connectivity index (χ3v) is 6.38. The van der Waals surface area contributed by atoms with Crippen molar-refractivity contribution in [2.75, 3.05) is 6.61 Å². The van der Waals surface area contributed by atoms with Gasteiger partial charge in [-0.15, -0.1) is 0 Å². The fraction of sp³-hybridized carbons (Fsp3) is 0.727. The zero-order valence-corrected chi connectivity index (χ0v) is 16.1. The molecule has 1 aliphatic heterocycles. The topological polar surface area (TPSA) is 49.7 Å². The van der Waals surface area contributed by atoms with Crippen molar-refractivity contribution >= 4 is 0 Å². The van der Waals surface area contributed by atoms with Crippen molar-refractivity contribution in [3.05, 3.63) is 23.3 Å². The maximum absolute atomic E-state index is 10.8. The molecule has 1 saturated carbocycles. The standard InChI is InChI=1S/C22H34O3/c1-4-5-8-11-22(2,3)16-12-17(24)21-19(13-16)25-18-10-7-6-9-15(14-23)20(18)21/h12-13,15,18,20,23-24H,4-11,14H2,1-3H3. The second-order valence-corrected chi connectivity index (χ2v) is 8.66. The molecule has 1 aliphatic carbocycles. The highest BCUT2D eigenvalue weighted by Crippen LogP contribution is 2.52. The van der Waals surface area contributed by atoms with Crippen molar-refractivity contribution in [1.82, 2.24) is 0 Å². The zero-order chi connectivity index (χ0) is 18.0. The lowest BCUT2D eigenvalue weighted by Gasteiger charge is -2.27. The molecule has 1 heterocycles. The quantitative estimate of drug-likeness (QED) is 0.689. The van der Waals surface area contributed by atoms with Gasteiger partial charge in [0.05, 0.1) is 0 Å². The van der Waals surface area contributed by atoms with Crippen LogP contribution < -0.4 is 4.74 Å². The highest BCUT2D eigenvalue weighted by atomic mass is 16.5. The molecule has 0 amide bonds. The van der Waals surface area contributed by atoms with E-state index in [4.69, 9.17) is 4.74 Å². The van der Waals surface area contributed by atoms with Crippen molar-refractivity contribution < 1.29 is 14.9 Å². The van der Waals surface area contributed by atoms with Gasteiger partial charge in [0.1, 0.15) is 17.6 Å². The van der Waals surface area contributed by atoms with Gasteiger partial charge in [0.15, 0.2) is 0 Å². The first-order chi connectivity index (χ1) is 12.0. The molecule has 3 atom stereocenters. The second-order valence-electron chi connectivity index (χ2n) is 8.66. The molecule has 2 aliphatic rings. The lowest BCUT2D eigenvalue weighted by Crippen LogP contribution is -2.25. The molecular weight excluding hydrogens is 312 g/mol. The molecule has 1 aromatic carbocycles. The number of fused-ring (bicyclic) bond motifs is 3. The van der Waals surface area contributed by atoms with Crippen molar-refractivity contribution in [2.24, 2.45) is 5.92 Å². The Kier molecular flexibility index (Phi) is 5.62. The molecule has 0 spiro atoms. The summed E-state index contributed by atoms with van der Waals surface area (Å²) in [6.07, 6.45) is 9.22. The number of phenols is 1. The SMILES string of the molecule is CCCCCC(C)(C)c1cc(O)c2c(c1)OC1CCCCC(CO)C21. The third-order valence-electron chi connectivity index (χ3n) is 6.38. The van der Waals surface area contributed by atoms with Crippen LogP contribution in [0.3, 0.4) is 0 Å². The Hall–Kier alpha value is -1.22. The van der Waals surface area contributed by atoms with Gasteiger partial charge < -0.3 is 14.9 Å². The number of benzene rings is 1. The largest absolute Gasteiger partial charge is 0.508 e. The Bertz CT molecular complexity index is 593. The van der Waals surface area contributed by atoms with Crippen LogP contribution in [0.5, 0.6) is 11.5 Å². The number of aliphatic hydroxyl groups is 1. The fourth-order valence-corrected chi connectivity index (χ4v) is 4.73. The van der Waals surface area contributed by atoms with Gasteiger partial charge >= 0.3 is 0 Å². The molecule has 3 heteroatoms. The normalized spacial score (nSPS) is 25.8. The highest BCUT2D eigenvalue weighted by Gasteiger charge is 2.43. The minimum atomic E-state index is 0.0338. The van der Waals surface area contributed by atoms with Gasteiger partial charge in [0, 0.05) is 18.1 Å². The number of rotatable bonds is 6. The second kappa shape index (κ2) is 7.57. The van der Waals surface area contributed by atoms with Gasteiger partial charge in [-0.25, -0.2) is 0 Å². The van der Waals surface area contributed by atoms with Crippen LogP contribution in [0.15, 0.2) is 12.1 Å². The van der Waals surface area contributed by atoms with Gasteiger partial charge in [-0.05, 0) is 54.7 Å². The average Bonchev–Trinajstić information content (AvgIpc) is 2.82. The lowest BCUT2D eigenvalue weighted by atomic mass is 9.77. The molecule has 1 aromatic rings. The fourth-order valence-electron chi connectivity index (χ4n) is 4.73. The maximum atomic E-state index is 10.8. The maximum Gasteiger partial charge on any atom is 0.127 e. The summed E-state index contributed by atoms with van der Waals surface area (Å²) >= 11 is 0. The molecule has 140 valence electrons. The first kappa shape index (κ1) is 18.6. The number of hydrogen-bond acceptors (Lipinski definition) is 3. The van der Waals surface area contributed by atoms with Gasteiger partial charge in [0.2, 0.25) is 0 Å². The van der Waals surface area contributed by atoms with Crippen LogP contribution in [0.25, 0.3) is 0 Å². The molecular formula is C22H34O3. The predicted octanol–water partition coefficient (Wildman–Crippen LogP) is 5.28. The molecule has 2 N–H and O–H groups in total. The van der Waals surface area contributed by atoms with E-state index in [-0.39, 0.29) is 30.0 Å². The first-order valence-electron chi connectivity index (χ1n) is 10.1. The molecule has 3 unspecified atom stereocenters. The molecule has 1 fully saturated rings.